The molecular weight excluding hydrogens is 370 g/mol. The summed E-state index contributed by atoms with van der Waals surface area (Å²) < 4.78 is 0. The van der Waals surface area contributed by atoms with Crippen molar-refractivity contribution in [1.82, 2.24) is 24.7 Å². The van der Waals surface area contributed by atoms with Gasteiger partial charge in [-0.25, -0.2) is 9.97 Å². The number of rotatable bonds is 3. The summed E-state index contributed by atoms with van der Waals surface area (Å²) in [7, 11) is 0. The zero-order valence-electron chi connectivity index (χ0n) is 17.3. The molecule has 3 aliphatic heterocycles. The van der Waals surface area contributed by atoms with Crippen molar-refractivity contribution >= 4 is 17.7 Å². The van der Waals surface area contributed by atoms with Gasteiger partial charge in [0.1, 0.15) is 0 Å². The van der Waals surface area contributed by atoms with Gasteiger partial charge < -0.3 is 14.7 Å². The van der Waals surface area contributed by atoms with E-state index in [-0.39, 0.29) is 29.7 Å². The molecule has 0 aliphatic carbocycles. The third kappa shape index (κ3) is 3.84. The molecule has 0 saturated carbocycles. The van der Waals surface area contributed by atoms with Crippen LogP contribution in [0.2, 0.25) is 0 Å². The normalized spacial score (nSPS) is 24.6. The number of aromatic nitrogens is 2. The molecule has 3 amide bonds. The second-order valence-electron chi connectivity index (χ2n) is 8.27. The average molecular weight is 399 g/mol. The van der Waals surface area contributed by atoms with E-state index in [1.807, 2.05) is 22.9 Å². The fourth-order valence-corrected chi connectivity index (χ4v) is 4.76. The van der Waals surface area contributed by atoms with Crippen molar-refractivity contribution in [3.63, 3.8) is 0 Å². The van der Waals surface area contributed by atoms with E-state index in [0.717, 1.165) is 42.9 Å². The van der Waals surface area contributed by atoms with Gasteiger partial charge in [-0.05, 0) is 26.2 Å². The van der Waals surface area contributed by atoms with Crippen LogP contribution in [0, 0.1) is 5.92 Å². The van der Waals surface area contributed by atoms with Crippen LogP contribution < -0.4 is 0 Å². The van der Waals surface area contributed by atoms with E-state index in [4.69, 9.17) is 4.98 Å². The van der Waals surface area contributed by atoms with Crippen LogP contribution in [0.4, 0.5) is 0 Å². The van der Waals surface area contributed by atoms with E-state index in [0.29, 0.717) is 39.0 Å². The summed E-state index contributed by atoms with van der Waals surface area (Å²) in [5, 5.41) is 0. The number of nitrogens with zero attached hydrogens (tertiary/aromatic N) is 5. The van der Waals surface area contributed by atoms with Gasteiger partial charge in [-0.15, -0.1) is 0 Å². The lowest BCUT2D eigenvalue weighted by atomic mass is 9.99. The van der Waals surface area contributed by atoms with Crippen molar-refractivity contribution in [2.24, 2.45) is 5.92 Å². The molecule has 8 nitrogen and oxygen atoms in total. The maximum absolute atomic E-state index is 12.9. The van der Waals surface area contributed by atoms with Gasteiger partial charge in [0.05, 0.1) is 17.7 Å². The predicted molar refractivity (Wildman–Crippen MR) is 105 cm³/mol. The molecule has 4 rings (SSSR count). The van der Waals surface area contributed by atoms with Crippen LogP contribution in [-0.4, -0.2) is 68.6 Å². The first-order valence-electron chi connectivity index (χ1n) is 10.7. The zero-order valence-corrected chi connectivity index (χ0v) is 17.3. The fraction of sp³-hybridized carbons (Fsp3) is 0.667. The highest BCUT2D eigenvalue weighted by molar-refractivity contribution is 5.89. The van der Waals surface area contributed by atoms with Crippen molar-refractivity contribution in [3.05, 3.63) is 23.3 Å². The van der Waals surface area contributed by atoms with E-state index in [1.165, 1.54) is 0 Å². The lowest BCUT2D eigenvalue weighted by Crippen LogP contribution is -2.41. The summed E-state index contributed by atoms with van der Waals surface area (Å²) in [4.78, 5) is 51.7. The number of likely N-dealkylation sites (tertiary alicyclic amines) is 2. The molecule has 0 N–H and O–H groups in total. The van der Waals surface area contributed by atoms with Gasteiger partial charge in [0.15, 0.2) is 5.82 Å². The SMILES string of the molecule is CCN1CC(C(=O)N2CCc3nc(C4CCCCN4C(C)=O)ncc3C2)CC1=O. The zero-order chi connectivity index (χ0) is 20.5. The number of hydrogen-bond donors (Lipinski definition) is 0. The lowest BCUT2D eigenvalue weighted by Gasteiger charge is -2.35. The van der Waals surface area contributed by atoms with Gasteiger partial charge in [-0.3, -0.25) is 14.4 Å². The van der Waals surface area contributed by atoms with Crippen molar-refractivity contribution < 1.29 is 14.4 Å². The van der Waals surface area contributed by atoms with Gasteiger partial charge in [0, 0.05) is 64.2 Å². The smallest absolute Gasteiger partial charge is 0.228 e. The Kier molecular flexibility index (Phi) is 5.52. The topological polar surface area (TPSA) is 86.7 Å². The Morgan fingerprint density at radius 1 is 1.24 bits per heavy atom. The minimum atomic E-state index is -0.240. The summed E-state index contributed by atoms with van der Waals surface area (Å²) in [5.41, 5.74) is 1.95. The van der Waals surface area contributed by atoms with E-state index in [2.05, 4.69) is 4.98 Å². The number of piperidine rings is 1. The van der Waals surface area contributed by atoms with Gasteiger partial charge in [-0.2, -0.15) is 0 Å². The summed E-state index contributed by atoms with van der Waals surface area (Å²) in [6.07, 6.45) is 5.81. The Bertz CT molecular complexity index is 827. The Labute approximate surface area is 171 Å². The molecule has 2 fully saturated rings. The molecular formula is C21H29N5O3. The second-order valence-corrected chi connectivity index (χ2v) is 8.27. The number of carbonyl (C=O) groups is 3. The number of hydrogen-bond acceptors (Lipinski definition) is 5. The molecule has 29 heavy (non-hydrogen) atoms. The largest absolute Gasteiger partial charge is 0.342 e. The van der Waals surface area contributed by atoms with Crippen LogP contribution >= 0.6 is 0 Å². The van der Waals surface area contributed by atoms with Gasteiger partial charge in [-0.1, -0.05) is 0 Å². The molecule has 156 valence electrons. The third-order valence-corrected chi connectivity index (χ3v) is 6.42. The van der Waals surface area contributed by atoms with Crippen LogP contribution in [-0.2, 0) is 27.3 Å². The van der Waals surface area contributed by atoms with Crippen LogP contribution in [0.1, 0.15) is 62.7 Å². The average Bonchev–Trinajstić information content (AvgIpc) is 3.13. The molecule has 0 bridgehead atoms. The molecule has 4 heterocycles. The Hall–Kier alpha value is -2.51. The molecule has 0 radical (unpaired) electrons. The molecule has 1 aromatic rings. The molecule has 0 spiro atoms. The highest BCUT2D eigenvalue weighted by Crippen LogP contribution is 2.30. The minimum absolute atomic E-state index is 0.0456. The van der Waals surface area contributed by atoms with Crippen molar-refractivity contribution in [3.8, 4) is 0 Å². The highest BCUT2D eigenvalue weighted by atomic mass is 16.2. The molecule has 0 aromatic carbocycles. The van der Waals surface area contributed by atoms with Gasteiger partial charge in [0.25, 0.3) is 0 Å². The standard InChI is InChI=1S/C21H29N5O3/c1-3-24-12-15(10-19(24)28)21(29)25-9-7-17-16(13-25)11-22-20(23-17)18-6-4-5-8-26(18)14(2)27/h11,15,18H,3-10,12-13H2,1-2H3. The molecule has 2 unspecified atom stereocenters. The maximum Gasteiger partial charge on any atom is 0.228 e. The van der Waals surface area contributed by atoms with Crippen LogP contribution in [0.25, 0.3) is 0 Å². The number of carbonyl (C=O) groups excluding carboxylic acids is 3. The van der Waals surface area contributed by atoms with Gasteiger partial charge in [0.2, 0.25) is 17.7 Å². The Balaban J connectivity index is 1.46. The van der Waals surface area contributed by atoms with Crippen LogP contribution in [0.3, 0.4) is 0 Å². The first-order chi connectivity index (χ1) is 14.0. The fourth-order valence-electron chi connectivity index (χ4n) is 4.76. The Morgan fingerprint density at radius 3 is 2.79 bits per heavy atom. The van der Waals surface area contributed by atoms with E-state index in [1.54, 1.807) is 11.8 Å². The first-order valence-corrected chi connectivity index (χ1v) is 10.7. The Morgan fingerprint density at radius 2 is 2.07 bits per heavy atom. The monoisotopic (exact) mass is 399 g/mol. The summed E-state index contributed by atoms with van der Waals surface area (Å²) >= 11 is 0. The van der Waals surface area contributed by atoms with Crippen molar-refractivity contribution in [2.75, 3.05) is 26.2 Å². The van der Waals surface area contributed by atoms with Crippen molar-refractivity contribution in [1.29, 1.82) is 0 Å². The summed E-state index contributed by atoms with van der Waals surface area (Å²) in [6.45, 7) is 6.59. The molecule has 2 saturated heterocycles. The highest BCUT2D eigenvalue weighted by Gasteiger charge is 2.37. The lowest BCUT2D eigenvalue weighted by molar-refractivity contribution is -0.136. The predicted octanol–water partition coefficient (Wildman–Crippen LogP) is 1.30. The first kappa shape index (κ1) is 19.8. The van der Waals surface area contributed by atoms with Crippen molar-refractivity contribution in [2.45, 2.75) is 58.5 Å². The van der Waals surface area contributed by atoms with E-state index < -0.39 is 0 Å². The number of fused-ring (bicyclic) bond motifs is 1. The third-order valence-electron chi connectivity index (χ3n) is 6.42. The minimum Gasteiger partial charge on any atom is -0.342 e. The van der Waals surface area contributed by atoms with Crippen LogP contribution in [0.15, 0.2) is 6.20 Å². The van der Waals surface area contributed by atoms with E-state index in [9.17, 15) is 14.4 Å². The quantitative estimate of drug-likeness (QED) is 0.765. The van der Waals surface area contributed by atoms with Gasteiger partial charge >= 0.3 is 0 Å². The summed E-state index contributed by atoms with van der Waals surface area (Å²) in [6, 6.07) is -0.0456. The molecule has 2 atom stereocenters. The van der Waals surface area contributed by atoms with E-state index >= 15 is 0 Å². The van der Waals surface area contributed by atoms with Crippen LogP contribution in [0.5, 0.6) is 0 Å². The summed E-state index contributed by atoms with van der Waals surface area (Å²) in [5.74, 6) is 0.673. The molecule has 1 aromatic heterocycles. The second kappa shape index (κ2) is 8.08. The number of amides is 3. The molecule has 8 heteroatoms. The maximum atomic E-state index is 12.9. The molecule has 3 aliphatic rings.